The van der Waals surface area contributed by atoms with E-state index in [1.165, 1.54) is 0 Å². The first-order valence-corrected chi connectivity index (χ1v) is 18.8. The Morgan fingerprint density at radius 1 is 0.250 bits per heavy atom. The van der Waals surface area contributed by atoms with E-state index in [0.29, 0.717) is 5.82 Å². The average Bonchev–Trinajstić information content (AvgIpc) is 3.29. The Morgan fingerprint density at radius 2 is 0.714 bits per heavy atom. The molecule has 0 fully saturated rings. The third kappa shape index (κ3) is 6.40. The van der Waals surface area contributed by atoms with Crippen LogP contribution in [-0.2, 0) is 0 Å². The molecule has 262 valence electrons. The minimum atomic E-state index is 0.693. The first-order chi connectivity index (χ1) is 27.7. The lowest BCUT2D eigenvalue weighted by Gasteiger charge is -2.14. The van der Waals surface area contributed by atoms with Crippen molar-refractivity contribution < 1.29 is 0 Å². The van der Waals surface area contributed by atoms with Gasteiger partial charge in [0.15, 0.2) is 5.82 Å². The van der Waals surface area contributed by atoms with Crippen LogP contribution in [0.3, 0.4) is 0 Å². The van der Waals surface area contributed by atoms with Crippen LogP contribution in [0.4, 0.5) is 0 Å². The normalized spacial score (nSPS) is 11.2. The van der Waals surface area contributed by atoms with Crippen molar-refractivity contribution in [1.29, 1.82) is 0 Å². The first-order valence-electron chi connectivity index (χ1n) is 18.8. The predicted molar refractivity (Wildman–Crippen MR) is 231 cm³/mol. The molecule has 4 nitrogen and oxygen atoms in total. The highest BCUT2D eigenvalue weighted by Gasteiger charge is 2.16. The molecular weight excluding hydrogens is 681 g/mol. The molecule has 56 heavy (non-hydrogen) atoms. The van der Waals surface area contributed by atoms with Crippen molar-refractivity contribution in [3.8, 4) is 78.7 Å². The fourth-order valence-electron chi connectivity index (χ4n) is 7.40. The van der Waals surface area contributed by atoms with E-state index < -0.39 is 0 Å². The number of fused-ring (bicyclic) bond motifs is 3. The van der Waals surface area contributed by atoms with Gasteiger partial charge in [0.05, 0.1) is 33.8 Å². The highest BCUT2D eigenvalue weighted by molar-refractivity contribution is 6.10. The van der Waals surface area contributed by atoms with E-state index in [2.05, 4.69) is 146 Å². The lowest BCUT2D eigenvalue weighted by atomic mass is 9.94. The summed E-state index contributed by atoms with van der Waals surface area (Å²) in [7, 11) is 0. The second-order valence-electron chi connectivity index (χ2n) is 13.9. The SMILES string of the molecule is c1ccc(-c2cc(-c3ccccc3)nc(-c3ccc(-c4cccc(-c5cc(-c6ccccc6)nc6c5ccc5ccc(-c7ccccc7)nc56)c4)cc3)n2)cc1. The molecule has 0 atom stereocenters. The van der Waals surface area contributed by atoms with Crippen LogP contribution in [0.25, 0.3) is 100 Å². The molecule has 0 amide bonds. The van der Waals surface area contributed by atoms with Gasteiger partial charge in [-0.2, -0.15) is 0 Å². The molecule has 10 aromatic rings. The Morgan fingerprint density at radius 3 is 1.30 bits per heavy atom. The van der Waals surface area contributed by atoms with Crippen molar-refractivity contribution in [2.24, 2.45) is 0 Å². The summed E-state index contributed by atoms with van der Waals surface area (Å²) in [4.78, 5) is 20.6. The van der Waals surface area contributed by atoms with Crippen molar-refractivity contribution in [2.45, 2.75) is 0 Å². The van der Waals surface area contributed by atoms with Gasteiger partial charge in [-0.15, -0.1) is 0 Å². The summed E-state index contributed by atoms with van der Waals surface area (Å²) in [6.07, 6.45) is 0. The van der Waals surface area contributed by atoms with E-state index in [-0.39, 0.29) is 0 Å². The molecule has 0 aliphatic rings. The molecule has 0 unspecified atom stereocenters. The highest BCUT2D eigenvalue weighted by Crippen LogP contribution is 2.38. The average molecular weight is 715 g/mol. The monoisotopic (exact) mass is 714 g/mol. The van der Waals surface area contributed by atoms with Gasteiger partial charge >= 0.3 is 0 Å². The van der Waals surface area contributed by atoms with Crippen LogP contribution in [0.15, 0.2) is 206 Å². The van der Waals surface area contributed by atoms with E-state index in [0.717, 1.165) is 94.7 Å². The van der Waals surface area contributed by atoms with Crippen molar-refractivity contribution in [3.05, 3.63) is 206 Å². The third-order valence-electron chi connectivity index (χ3n) is 10.3. The number of nitrogens with zero attached hydrogens (tertiary/aromatic N) is 4. The molecule has 0 N–H and O–H groups in total. The van der Waals surface area contributed by atoms with Crippen LogP contribution in [0, 0.1) is 0 Å². The van der Waals surface area contributed by atoms with Crippen LogP contribution >= 0.6 is 0 Å². The number of aromatic nitrogens is 4. The van der Waals surface area contributed by atoms with E-state index in [4.69, 9.17) is 19.9 Å². The standard InChI is InChI=1S/C52H34N4/c1-5-14-36(15-6-1)46-31-29-40-28-30-44-45(33-47(37-16-7-2-8-17-37)54-51(44)50(40)53-46)43-23-13-22-42(32-43)35-24-26-41(27-25-35)52-55-48(38-18-9-3-10-19-38)34-49(56-52)39-20-11-4-12-21-39/h1-34H. The van der Waals surface area contributed by atoms with E-state index >= 15 is 0 Å². The molecule has 0 aliphatic carbocycles. The summed E-state index contributed by atoms with van der Waals surface area (Å²) in [5.41, 5.74) is 15.1. The van der Waals surface area contributed by atoms with Crippen LogP contribution in [0.5, 0.6) is 0 Å². The lowest BCUT2D eigenvalue weighted by molar-refractivity contribution is 1.18. The molecule has 10 rings (SSSR count). The maximum absolute atomic E-state index is 5.29. The lowest BCUT2D eigenvalue weighted by Crippen LogP contribution is -1.96. The van der Waals surface area contributed by atoms with Gasteiger partial charge in [-0.05, 0) is 46.5 Å². The quantitative estimate of drug-likeness (QED) is 0.154. The van der Waals surface area contributed by atoms with Gasteiger partial charge < -0.3 is 0 Å². The van der Waals surface area contributed by atoms with Crippen LogP contribution < -0.4 is 0 Å². The fourth-order valence-corrected chi connectivity index (χ4v) is 7.40. The van der Waals surface area contributed by atoms with E-state index in [1.807, 2.05) is 60.7 Å². The van der Waals surface area contributed by atoms with Gasteiger partial charge in [0.25, 0.3) is 0 Å². The van der Waals surface area contributed by atoms with Gasteiger partial charge in [0.2, 0.25) is 0 Å². The Balaban J connectivity index is 1.07. The molecule has 0 aliphatic heterocycles. The van der Waals surface area contributed by atoms with Crippen LogP contribution in [0.1, 0.15) is 0 Å². The van der Waals surface area contributed by atoms with Crippen molar-refractivity contribution >= 4 is 21.8 Å². The summed E-state index contributed by atoms with van der Waals surface area (Å²) in [5.74, 6) is 0.693. The Bertz CT molecular complexity index is 2930. The number of hydrogen-bond acceptors (Lipinski definition) is 4. The van der Waals surface area contributed by atoms with Crippen LogP contribution in [-0.4, -0.2) is 19.9 Å². The smallest absolute Gasteiger partial charge is 0.160 e. The number of benzene rings is 7. The third-order valence-corrected chi connectivity index (χ3v) is 10.3. The molecule has 0 bridgehead atoms. The molecule has 3 heterocycles. The summed E-state index contributed by atoms with van der Waals surface area (Å²) < 4.78 is 0. The van der Waals surface area contributed by atoms with Crippen LogP contribution in [0.2, 0.25) is 0 Å². The van der Waals surface area contributed by atoms with Gasteiger partial charge in [-0.1, -0.05) is 182 Å². The predicted octanol–water partition coefficient (Wildman–Crippen LogP) is 13.2. The Kier molecular flexibility index (Phi) is 8.47. The summed E-state index contributed by atoms with van der Waals surface area (Å²) in [6, 6.07) is 71.5. The minimum absolute atomic E-state index is 0.693. The van der Waals surface area contributed by atoms with Crippen molar-refractivity contribution in [1.82, 2.24) is 19.9 Å². The first kappa shape index (κ1) is 33.0. The largest absolute Gasteiger partial charge is 0.245 e. The van der Waals surface area contributed by atoms with Gasteiger partial charge in [0.1, 0.15) is 0 Å². The molecular formula is C52H34N4. The van der Waals surface area contributed by atoms with Gasteiger partial charge in [0, 0.05) is 38.6 Å². The highest BCUT2D eigenvalue weighted by atomic mass is 14.9. The maximum Gasteiger partial charge on any atom is 0.160 e. The van der Waals surface area contributed by atoms with Crippen molar-refractivity contribution in [2.75, 3.05) is 0 Å². The van der Waals surface area contributed by atoms with Crippen molar-refractivity contribution in [3.63, 3.8) is 0 Å². The molecule has 7 aromatic carbocycles. The second-order valence-corrected chi connectivity index (χ2v) is 13.9. The molecule has 0 radical (unpaired) electrons. The Labute approximate surface area is 325 Å². The van der Waals surface area contributed by atoms with Gasteiger partial charge in [-0.3, -0.25) is 0 Å². The number of rotatable bonds is 7. The fraction of sp³-hybridized carbons (Fsp3) is 0. The summed E-state index contributed by atoms with van der Waals surface area (Å²) in [6.45, 7) is 0. The maximum atomic E-state index is 5.29. The summed E-state index contributed by atoms with van der Waals surface area (Å²) in [5, 5.41) is 2.12. The topological polar surface area (TPSA) is 51.6 Å². The molecule has 3 aromatic heterocycles. The zero-order chi connectivity index (χ0) is 37.3. The Hall–Kier alpha value is -7.56. The molecule has 0 spiro atoms. The van der Waals surface area contributed by atoms with E-state index in [9.17, 15) is 0 Å². The summed E-state index contributed by atoms with van der Waals surface area (Å²) >= 11 is 0. The van der Waals surface area contributed by atoms with Gasteiger partial charge in [-0.25, -0.2) is 19.9 Å². The second kappa shape index (κ2) is 14.3. The zero-order valence-corrected chi connectivity index (χ0v) is 30.4. The molecule has 0 saturated heterocycles. The number of hydrogen-bond donors (Lipinski definition) is 0. The minimum Gasteiger partial charge on any atom is -0.245 e. The van der Waals surface area contributed by atoms with E-state index in [1.54, 1.807) is 0 Å². The molecule has 0 saturated carbocycles. The molecule has 4 heteroatoms. The zero-order valence-electron chi connectivity index (χ0n) is 30.4. The number of pyridine rings is 2.